The van der Waals surface area contributed by atoms with Crippen LogP contribution >= 0.6 is 0 Å². The first kappa shape index (κ1) is 26.0. The first-order valence-corrected chi connectivity index (χ1v) is 11.6. The van der Waals surface area contributed by atoms with Crippen molar-refractivity contribution in [2.24, 2.45) is 5.10 Å². The number of nitrogens with one attached hydrogen (secondary N) is 2. The fraction of sp³-hybridized carbons (Fsp3) is 0.577. The van der Waals surface area contributed by atoms with E-state index in [1.165, 1.54) is 43.4 Å². The van der Waals surface area contributed by atoms with Crippen molar-refractivity contribution in [2.45, 2.75) is 71.1 Å². The highest BCUT2D eigenvalue weighted by atomic mass is 15.3. The summed E-state index contributed by atoms with van der Waals surface area (Å²) < 4.78 is 0. The minimum atomic E-state index is 0.891. The normalized spacial score (nSPS) is 11.5. The van der Waals surface area contributed by atoms with E-state index in [4.69, 9.17) is 0 Å². The van der Waals surface area contributed by atoms with Gasteiger partial charge in [-0.05, 0) is 51.8 Å². The van der Waals surface area contributed by atoms with Crippen LogP contribution in [-0.4, -0.2) is 37.8 Å². The Kier molecular flexibility index (Phi) is 14.5. The molecule has 0 aliphatic rings. The van der Waals surface area contributed by atoms with Crippen LogP contribution in [0.3, 0.4) is 0 Å². The summed E-state index contributed by atoms with van der Waals surface area (Å²) in [5.41, 5.74) is 7.56. The Bertz CT molecular complexity index is 619. The molecule has 0 bridgehead atoms. The monoisotopic (exact) mass is 412 g/mol. The van der Waals surface area contributed by atoms with Gasteiger partial charge in [-0.25, -0.2) is 0 Å². The van der Waals surface area contributed by atoms with Crippen LogP contribution in [0.4, 0.5) is 0 Å². The standard InChI is InChI=1S/C26H44N4/c1-6-7-8-9-15-21-27-23(2)16-13-14-19-26(25-17-11-10-12-18-25)29-28-24(3)20-22-30(4)5/h10-12,17-18,27-28H,2-3,6-9,13-16,19-22H2,1,4-5H3/b29-26-. The Morgan fingerprint density at radius 1 is 0.867 bits per heavy atom. The van der Waals surface area contributed by atoms with Crippen molar-refractivity contribution >= 4 is 5.71 Å². The molecule has 4 heteroatoms. The van der Waals surface area contributed by atoms with Crippen molar-refractivity contribution in [1.29, 1.82) is 0 Å². The zero-order chi connectivity index (χ0) is 22.0. The third kappa shape index (κ3) is 13.2. The molecule has 0 aliphatic heterocycles. The average molecular weight is 413 g/mol. The number of allylic oxidation sites excluding steroid dienone is 1. The largest absolute Gasteiger partial charge is 0.389 e. The molecular formula is C26H44N4. The third-order valence-electron chi connectivity index (χ3n) is 5.11. The second-order valence-electron chi connectivity index (χ2n) is 8.34. The van der Waals surface area contributed by atoms with E-state index in [0.29, 0.717) is 0 Å². The van der Waals surface area contributed by atoms with E-state index in [9.17, 15) is 0 Å². The molecule has 0 amide bonds. The molecule has 0 saturated heterocycles. The molecule has 30 heavy (non-hydrogen) atoms. The van der Waals surface area contributed by atoms with Crippen molar-refractivity contribution < 1.29 is 0 Å². The first-order valence-electron chi connectivity index (χ1n) is 11.6. The van der Waals surface area contributed by atoms with Gasteiger partial charge in [0.1, 0.15) is 0 Å². The van der Waals surface area contributed by atoms with Gasteiger partial charge >= 0.3 is 0 Å². The van der Waals surface area contributed by atoms with Gasteiger partial charge in [-0.1, -0.05) is 76.1 Å². The number of unbranched alkanes of at least 4 members (excludes halogenated alkanes) is 5. The molecule has 0 heterocycles. The van der Waals surface area contributed by atoms with Crippen molar-refractivity contribution in [3.63, 3.8) is 0 Å². The Balaban J connectivity index is 2.37. The molecule has 0 aliphatic carbocycles. The molecule has 1 aromatic rings. The molecular weight excluding hydrogens is 368 g/mol. The fourth-order valence-corrected chi connectivity index (χ4v) is 3.17. The predicted octanol–water partition coefficient (Wildman–Crippen LogP) is 6.08. The summed E-state index contributed by atoms with van der Waals surface area (Å²) in [5.74, 6) is 0. The molecule has 4 nitrogen and oxygen atoms in total. The van der Waals surface area contributed by atoms with Gasteiger partial charge in [-0.15, -0.1) is 0 Å². The maximum absolute atomic E-state index is 4.68. The molecule has 0 spiro atoms. The zero-order valence-corrected chi connectivity index (χ0v) is 19.7. The number of nitrogens with zero attached hydrogens (tertiary/aromatic N) is 2. The average Bonchev–Trinajstić information content (AvgIpc) is 2.74. The number of benzene rings is 1. The van der Waals surface area contributed by atoms with Gasteiger partial charge < -0.3 is 10.2 Å². The van der Waals surface area contributed by atoms with Gasteiger partial charge in [0.05, 0.1) is 5.71 Å². The minimum Gasteiger partial charge on any atom is -0.389 e. The van der Waals surface area contributed by atoms with E-state index in [-0.39, 0.29) is 0 Å². The molecule has 2 N–H and O–H groups in total. The van der Waals surface area contributed by atoms with E-state index >= 15 is 0 Å². The quantitative estimate of drug-likeness (QED) is 0.174. The Morgan fingerprint density at radius 3 is 2.27 bits per heavy atom. The van der Waals surface area contributed by atoms with Crippen molar-refractivity contribution in [3.8, 4) is 0 Å². The fourth-order valence-electron chi connectivity index (χ4n) is 3.17. The summed E-state index contributed by atoms with van der Waals surface area (Å²) in [6.45, 7) is 12.6. The summed E-state index contributed by atoms with van der Waals surface area (Å²) in [7, 11) is 4.14. The van der Waals surface area contributed by atoms with Crippen molar-refractivity contribution in [1.82, 2.24) is 15.6 Å². The zero-order valence-electron chi connectivity index (χ0n) is 19.7. The molecule has 0 fully saturated rings. The molecule has 0 atom stereocenters. The summed E-state index contributed by atoms with van der Waals surface area (Å²) in [6, 6.07) is 10.4. The molecule has 0 unspecified atom stereocenters. The molecule has 1 aromatic carbocycles. The molecule has 168 valence electrons. The minimum absolute atomic E-state index is 0.891. The van der Waals surface area contributed by atoms with Gasteiger partial charge in [-0.2, -0.15) is 5.10 Å². The topological polar surface area (TPSA) is 39.7 Å². The molecule has 0 saturated carbocycles. The van der Waals surface area contributed by atoms with E-state index in [2.05, 4.69) is 79.2 Å². The lowest BCUT2D eigenvalue weighted by atomic mass is 10.0. The SMILES string of the molecule is C=C(CCCC/C(=N/NC(=C)CCN(C)C)c1ccccc1)NCCCCCCC. The lowest BCUT2D eigenvalue weighted by Crippen LogP contribution is -2.18. The Morgan fingerprint density at radius 2 is 1.57 bits per heavy atom. The highest BCUT2D eigenvalue weighted by molar-refractivity contribution is 6.00. The van der Waals surface area contributed by atoms with Crippen LogP contribution in [0.2, 0.25) is 0 Å². The van der Waals surface area contributed by atoms with Gasteiger partial charge in [-0.3, -0.25) is 5.43 Å². The van der Waals surface area contributed by atoms with Crippen LogP contribution in [0.1, 0.15) is 76.7 Å². The summed E-state index contributed by atoms with van der Waals surface area (Å²) in [5, 5.41) is 8.17. The van der Waals surface area contributed by atoms with Gasteiger partial charge in [0.25, 0.3) is 0 Å². The first-order chi connectivity index (χ1) is 14.5. The number of rotatable bonds is 18. The molecule has 0 radical (unpaired) electrons. The van der Waals surface area contributed by atoms with Crippen molar-refractivity contribution in [2.75, 3.05) is 27.2 Å². The van der Waals surface area contributed by atoms with E-state index < -0.39 is 0 Å². The predicted molar refractivity (Wildman–Crippen MR) is 133 cm³/mol. The lowest BCUT2D eigenvalue weighted by Gasteiger charge is -2.13. The van der Waals surface area contributed by atoms with Gasteiger partial charge in [0.2, 0.25) is 0 Å². The van der Waals surface area contributed by atoms with E-state index in [1.807, 2.05) is 6.07 Å². The van der Waals surface area contributed by atoms with Gasteiger partial charge in [0.15, 0.2) is 0 Å². The van der Waals surface area contributed by atoms with Crippen molar-refractivity contribution in [3.05, 3.63) is 60.4 Å². The molecule has 0 aromatic heterocycles. The van der Waals surface area contributed by atoms with Crippen LogP contribution in [0.25, 0.3) is 0 Å². The van der Waals surface area contributed by atoms with Crippen LogP contribution in [-0.2, 0) is 0 Å². The second-order valence-corrected chi connectivity index (χ2v) is 8.34. The Labute approximate surface area is 185 Å². The smallest absolute Gasteiger partial charge is 0.0679 e. The summed E-state index contributed by atoms with van der Waals surface area (Å²) in [6.07, 6.45) is 11.6. The highest BCUT2D eigenvalue weighted by Crippen LogP contribution is 2.12. The van der Waals surface area contributed by atoms with E-state index in [1.54, 1.807) is 0 Å². The van der Waals surface area contributed by atoms with Crippen LogP contribution in [0, 0.1) is 0 Å². The number of hydrazone groups is 1. The van der Waals surface area contributed by atoms with Gasteiger partial charge in [0, 0.05) is 30.9 Å². The van der Waals surface area contributed by atoms with E-state index in [0.717, 1.165) is 56.6 Å². The molecule has 1 rings (SSSR count). The maximum Gasteiger partial charge on any atom is 0.0679 e. The number of hydrogen-bond donors (Lipinski definition) is 2. The highest BCUT2D eigenvalue weighted by Gasteiger charge is 2.05. The summed E-state index contributed by atoms with van der Waals surface area (Å²) >= 11 is 0. The second kappa shape index (κ2) is 16.7. The number of hydrogen-bond acceptors (Lipinski definition) is 4. The van der Waals surface area contributed by atoms with Crippen LogP contribution in [0.5, 0.6) is 0 Å². The van der Waals surface area contributed by atoms with Crippen LogP contribution < -0.4 is 10.7 Å². The maximum atomic E-state index is 4.68. The third-order valence-corrected chi connectivity index (χ3v) is 5.11. The Hall–Kier alpha value is -2.07. The summed E-state index contributed by atoms with van der Waals surface area (Å²) in [4.78, 5) is 2.15. The van der Waals surface area contributed by atoms with Crippen LogP contribution in [0.15, 0.2) is 60.0 Å². The lowest BCUT2D eigenvalue weighted by molar-refractivity contribution is 0.409.